The summed E-state index contributed by atoms with van der Waals surface area (Å²) in [5, 5.41) is 2.14. The Kier molecular flexibility index (Phi) is 4.21. The quantitative estimate of drug-likeness (QED) is 0.469. The molecule has 29 heavy (non-hydrogen) atoms. The number of nitrogens with one attached hydrogen (secondary N) is 1. The minimum absolute atomic E-state index is 0.0772. The van der Waals surface area contributed by atoms with E-state index in [9.17, 15) is 4.79 Å². The molecule has 148 valence electrons. The number of aromatic amines is 1. The highest BCUT2D eigenvalue weighted by molar-refractivity contribution is 9.10. The highest BCUT2D eigenvalue weighted by Gasteiger charge is 2.28. The van der Waals surface area contributed by atoms with Crippen molar-refractivity contribution in [2.75, 3.05) is 13.7 Å². The summed E-state index contributed by atoms with van der Waals surface area (Å²) in [7, 11) is 3.65. The van der Waals surface area contributed by atoms with Crippen LogP contribution in [0.15, 0.2) is 40.9 Å². The summed E-state index contributed by atoms with van der Waals surface area (Å²) in [5.41, 5.74) is 6.37. The highest BCUT2D eigenvalue weighted by Crippen LogP contribution is 2.36. The number of aromatic nitrogens is 2. The molecule has 0 saturated heterocycles. The number of ether oxygens (including phenoxy) is 1. The summed E-state index contributed by atoms with van der Waals surface area (Å²) >= 11 is 3.56. The Labute approximate surface area is 177 Å². The lowest BCUT2D eigenvalue weighted by Gasteiger charge is -2.27. The molecule has 0 atom stereocenters. The van der Waals surface area contributed by atoms with Crippen LogP contribution in [-0.2, 0) is 20.0 Å². The van der Waals surface area contributed by atoms with E-state index in [0.717, 1.165) is 44.3 Å². The van der Waals surface area contributed by atoms with Gasteiger partial charge in [-0.1, -0.05) is 18.2 Å². The second-order valence-corrected chi connectivity index (χ2v) is 8.48. The normalized spacial score (nSPS) is 13.9. The van der Waals surface area contributed by atoms with Crippen LogP contribution in [0.1, 0.15) is 27.3 Å². The highest BCUT2D eigenvalue weighted by atomic mass is 79.9. The number of amides is 1. The molecule has 1 N–H and O–H groups in total. The van der Waals surface area contributed by atoms with Gasteiger partial charge in [0.25, 0.3) is 5.91 Å². The first-order valence-corrected chi connectivity index (χ1v) is 10.5. The molecule has 0 fully saturated rings. The number of carbonyl (C=O) groups excluding carboxylic acids is 1. The molecule has 2 aromatic carbocycles. The number of halogens is 1. The molecule has 1 amide bonds. The first-order chi connectivity index (χ1) is 14.0. The molecule has 4 aromatic rings. The number of carbonyl (C=O) groups is 1. The molecule has 1 aliphatic rings. The number of aryl methyl sites for hydroxylation is 1. The van der Waals surface area contributed by atoms with Crippen LogP contribution in [0.3, 0.4) is 0 Å². The Morgan fingerprint density at radius 3 is 2.79 bits per heavy atom. The first-order valence-electron chi connectivity index (χ1n) is 9.70. The van der Waals surface area contributed by atoms with Crippen molar-refractivity contribution in [2.45, 2.75) is 19.9 Å². The number of para-hydroxylation sites is 1. The third-order valence-electron chi connectivity index (χ3n) is 6.15. The van der Waals surface area contributed by atoms with Crippen LogP contribution in [0.2, 0.25) is 0 Å². The second kappa shape index (κ2) is 6.66. The topological polar surface area (TPSA) is 50.3 Å². The average molecular weight is 452 g/mol. The van der Waals surface area contributed by atoms with Gasteiger partial charge in [-0.05, 0) is 41.1 Å². The predicted octanol–water partition coefficient (Wildman–Crippen LogP) is 4.94. The number of hydrogen-bond acceptors (Lipinski definition) is 2. The monoisotopic (exact) mass is 451 g/mol. The summed E-state index contributed by atoms with van der Waals surface area (Å²) in [6, 6.07) is 12.3. The van der Waals surface area contributed by atoms with Crippen molar-refractivity contribution >= 4 is 43.6 Å². The van der Waals surface area contributed by atoms with Gasteiger partial charge in [0.1, 0.15) is 5.75 Å². The lowest BCUT2D eigenvalue weighted by atomic mass is 10.0. The molecule has 6 heteroatoms. The Morgan fingerprint density at radius 1 is 1.21 bits per heavy atom. The third kappa shape index (κ3) is 2.69. The van der Waals surface area contributed by atoms with Crippen molar-refractivity contribution in [3.8, 4) is 5.75 Å². The maximum Gasteiger partial charge on any atom is 0.256 e. The SMILES string of the molecule is COc1cc2c(C(=O)N3CCc4[nH]c5ccccc5c4C3)c(C)n(C)c2cc1Br. The molecule has 0 unspecified atom stereocenters. The van der Waals surface area contributed by atoms with Crippen molar-refractivity contribution in [2.24, 2.45) is 7.05 Å². The fraction of sp³-hybridized carbons (Fsp3) is 0.261. The van der Waals surface area contributed by atoms with Gasteiger partial charge in [0.05, 0.1) is 22.7 Å². The number of fused-ring (bicyclic) bond motifs is 4. The Balaban J connectivity index is 1.59. The summed E-state index contributed by atoms with van der Waals surface area (Å²) < 4.78 is 8.44. The van der Waals surface area contributed by atoms with Gasteiger partial charge in [0.15, 0.2) is 0 Å². The predicted molar refractivity (Wildman–Crippen MR) is 119 cm³/mol. The largest absolute Gasteiger partial charge is 0.496 e. The molecule has 0 bridgehead atoms. The maximum absolute atomic E-state index is 13.7. The zero-order chi connectivity index (χ0) is 20.3. The standard InChI is InChI=1S/C23H22BrN3O2/c1-13-22(15-10-21(29-3)17(24)11-20(15)26(13)2)23(28)27-9-8-19-16(12-27)14-6-4-5-7-18(14)25-19/h4-7,10-11,25H,8-9,12H2,1-3H3. The van der Waals surface area contributed by atoms with E-state index >= 15 is 0 Å². The molecule has 5 rings (SSSR count). The summed E-state index contributed by atoms with van der Waals surface area (Å²) in [4.78, 5) is 19.1. The molecule has 0 aliphatic carbocycles. The van der Waals surface area contributed by atoms with Gasteiger partial charge in [-0.15, -0.1) is 0 Å². The van der Waals surface area contributed by atoms with Crippen molar-refractivity contribution in [1.29, 1.82) is 0 Å². The number of H-pyrrole nitrogens is 1. The average Bonchev–Trinajstić information content (AvgIpc) is 3.22. The van der Waals surface area contributed by atoms with E-state index in [1.807, 2.05) is 37.1 Å². The van der Waals surface area contributed by atoms with Crippen molar-refractivity contribution in [1.82, 2.24) is 14.5 Å². The molecule has 0 saturated carbocycles. The Bertz CT molecular complexity index is 1280. The molecule has 0 spiro atoms. The minimum Gasteiger partial charge on any atom is -0.496 e. The minimum atomic E-state index is 0.0772. The zero-order valence-corrected chi connectivity index (χ0v) is 18.3. The molecule has 0 radical (unpaired) electrons. The van der Waals surface area contributed by atoms with Crippen LogP contribution in [0.25, 0.3) is 21.8 Å². The summed E-state index contributed by atoms with van der Waals surface area (Å²) in [5.74, 6) is 0.808. The van der Waals surface area contributed by atoms with Gasteiger partial charge in [0.2, 0.25) is 0 Å². The van der Waals surface area contributed by atoms with Crippen LogP contribution < -0.4 is 4.74 Å². The number of methoxy groups -OCH3 is 1. The van der Waals surface area contributed by atoms with E-state index in [0.29, 0.717) is 13.1 Å². The van der Waals surface area contributed by atoms with Crippen LogP contribution in [-0.4, -0.2) is 34.0 Å². The summed E-state index contributed by atoms with van der Waals surface area (Å²) in [6.07, 6.45) is 0.842. The van der Waals surface area contributed by atoms with Crippen molar-refractivity contribution in [3.63, 3.8) is 0 Å². The number of nitrogens with zero attached hydrogens (tertiary/aromatic N) is 2. The van der Waals surface area contributed by atoms with Gasteiger partial charge in [-0.25, -0.2) is 0 Å². The van der Waals surface area contributed by atoms with Crippen LogP contribution >= 0.6 is 15.9 Å². The second-order valence-electron chi connectivity index (χ2n) is 7.63. The van der Waals surface area contributed by atoms with Crippen LogP contribution in [0.4, 0.5) is 0 Å². The zero-order valence-electron chi connectivity index (χ0n) is 16.7. The first kappa shape index (κ1) is 18.3. The molecule has 2 aromatic heterocycles. The molecule has 1 aliphatic heterocycles. The van der Waals surface area contributed by atoms with Gasteiger partial charge < -0.3 is 19.2 Å². The molecular weight excluding hydrogens is 430 g/mol. The van der Waals surface area contributed by atoms with Crippen LogP contribution in [0.5, 0.6) is 5.75 Å². The number of rotatable bonds is 2. The molecule has 5 nitrogen and oxygen atoms in total. The van der Waals surface area contributed by atoms with Gasteiger partial charge in [-0.2, -0.15) is 0 Å². The fourth-order valence-corrected chi connectivity index (χ4v) is 4.98. The lowest BCUT2D eigenvalue weighted by molar-refractivity contribution is 0.0736. The lowest BCUT2D eigenvalue weighted by Crippen LogP contribution is -2.36. The Morgan fingerprint density at radius 2 is 2.00 bits per heavy atom. The van der Waals surface area contributed by atoms with E-state index in [1.165, 1.54) is 16.6 Å². The van der Waals surface area contributed by atoms with E-state index in [1.54, 1.807) is 7.11 Å². The molecule has 3 heterocycles. The van der Waals surface area contributed by atoms with E-state index in [4.69, 9.17) is 4.74 Å². The third-order valence-corrected chi connectivity index (χ3v) is 6.77. The van der Waals surface area contributed by atoms with Crippen LogP contribution in [0, 0.1) is 6.92 Å². The van der Waals surface area contributed by atoms with Gasteiger partial charge >= 0.3 is 0 Å². The van der Waals surface area contributed by atoms with Crippen molar-refractivity contribution < 1.29 is 9.53 Å². The number of benzene rings is 2. The van der Waals surface area contributed by atoms with Gasteiger partial charge in [0, 0.05) is 59.8 Å². The maximum atomic E-state index is 13.7. The fourth-order valence-electron chi connectivity index (χ4n) is 4.49. The van der Waals surface area contributed by atoms with Gasteiger partial charge in [-0.3, -0.25) is 4.79 Å². The Hall–Kier alpha value is -2.73. The van der Waals surface area contributed by atoms with E-state index < -0.39 is 0 Å². The number of hydrogen-bond donors (Lipinski definition) is 1. The van der Waals surface area contributed by atoms with E-state index in [-0.39, 0.29) is 5.91 Å². The van der Waals surface area contributed by atoms with E-state index in [2.05, 4.69) is 43.7 Å². The summed E-state index contributed by atoms with van der Waals surface area (Å²) in [6.45, 7) is 3.35. The molecular formula is C23H22BrN3O2. The smallest absolute Gasteiger partial charge is 0.256 e. The van der Waals surface area contributed by atoms with Crippen molar-refractivity contribution in [3.05, 3.63) is 63.4 Å².